The fourth-order valence-corrected chi connectivity index (χ4v) is 2.26. The van der Waals surface area contributed by atoms with Gasteiger partial charge in [0, 0.05) is 5.41 Å². The van der Waals surface area contributed by atoms with Crippen molar-refractivity contribution in [2.45, 2.75) is 32.1 Å². The van der Waals surface area contributed by atoms with Crippen LogP contribution in [-0.4, -0.2) is 0 Å². The number of rotatable bonds is 2. The van der Waals surface area contributed by atoms with E-state index >= 15 is 0 Å². The molecule has 1 unspecified atom stereocenters. The molecule has 0 aromatic heterocycles. The smallest absolute Gasteiger partial charge is 0.0113 e. The molecule has 0 heterocycles. The maximum atomic E-state index is 2.35. The Morgan fingerprint density at radius 2 is 2.00 bits per heavy atom. The van der Waals surface area contributed by atoms with Crippen LogP contribution < -0.4 is 0 Å². The number of hydrogen-bond donors (Lipinski definition) is 0. The molecule has 68 valence electrons. The molecule has 0 N–H and O–H groups in total. The van der Waals surface area contributed by atoms with Gasteiger partial charge >= 0.3 is 0 Å². The van der Waals surface area contributed by atoms with Crippen molar-refractivity contribution < 1.29 is 0 Å². The van der Waals surface area contributed by atoms with Gasteiger partial charge in [-0.2, -0.15) is 0 Å². The molecule has 1 aliphatic rings. The van der Waals surface area contributed by atoms with Crippen molar-refractivity contribution in [2.75, 3.05) is 0 Å². The summed E-state index contributed by atoms with van der Waals surface area (Å²) in [7, 11) is 0. The van der Waals surface area contributed by atoms with Gasteiger partial charge in [0.05, 0.1) is 0 Å². The first-order chi connectivity index (χ1) is 6.26. The van der Waals surface area contributed by atoms with Crippen LogP contribution in [0.4, 0.5) is 0 Å². The molecule has 0 saturated carbocycles. The second-order valence-corrected chi connectivity index (χ2v) is 4.09. The molecule has 0 radical (unpaired) electrons. The van der Waals surface area contributed by atoms with Crippen LogP contribution in [0, 0.1) is 0 Å². The molecule has 1 atom stereocenters. The van der Waals surface area contributed by atoms with Crippen LogP contribution in [-0.2, 0) is 5.41 Å². The van der Waals surface area contributed by atoms with Crippen molar-refractivity contribution in [3.05, 3.63) is 41.5 Å². The van der Waals surface area contributed by atoms with Gasteiger partial charge in [-0.25, -0.2) is 0 Å². The summed E-state index contributed by atoms with van der Waals surface area (Å²) in [6, 6.07) is 8.71. The minimum absolute atomic E-state index is 0.297. The Kier molecular flexibility index (Phi) is 1.99. The van der Waals surface area contributed by atoms with Crippen LogP contribution in [0.2, 0.25) is 0 Å². The molecule has 0 heteroatoms. The van der Waals surface area contributed by atoms with E-state index in [4.69, 9.17) is 0 Å². The second kappa shape index (κ2) is 3.02. The van der Waals surface area contributed by atoms with Gasteiger partial charge in [-0.15, -0.1) is 0 Å². The number of benzene rings is 1. The highest BCUT2D eigenvalue weighted by Gasteiger charge is 2.27. The normalized spacial score (nSPS) is 24.8. The Morgan fingerprint density at radius 3 is 2.77 bits per heavy atom. The van der Waals surface area contributed by atoms with Gasteiger partial charge in [0.15, 0.2) is 0 Å². The van der Waals surface area contributed by atoms with E-state index in [-0.39, 0.29) is 0 Å². The lowest BCUT2D eigenvalue weighted by Gasteiger charge is -2.23. The highest BCUT2D eigenvalue weighted by atomic mass is 14.3. The summed E-state index contributed by atoms with van der Waals surface area (Å²) in [5, 5.41) is 0. The Hall–Kier alpha value is -1.04. The maximum Gasteiger partial charge on any atom is 0.0113 e. The van der Waals surface area contributed by atoms with E-state index in [9.17, 15) is 0 Å². The minimum Gasteiger partial charge on any atom is -0.0736 e. The summed E-state index contributed by atoms with van der Waals surface area (Å²) < 4.78 is 0. The summed E-state index contributed by atoms with van der Waals surface area (Å²) in [4.78, 5) is 0. The lowest BCUT2D eigenvalue weighted by Crippen LogP contribution is -2.16. The standard InChI is InChI=1S/C13H16/c1-3-9-13(2)10-8-11-6-4-5-7-12(11)13/h4-8,10H,3,9H2,1-2H3. The molecule has 1 aromatic carbocycles. The highest BCUT2D eigenvalue weighted by molar-refractivity contribution is 5.64. The molecule has 0 fully saturated rings. The van der Waals surface area contributed by atoms with Crippen LogP contribution in [0.1, 0.15) is 37.8 Å². The molecule has 0 bridgehead atoms. The number of hydrogen-bond acceptors (Lipinski definition) is 0. The molecule has 0 saturated heterocycles. The summed E-state index contributed by atoms with van der Waals surface area (Å²) >= 11 is 0. The summed E-state index contributed by atoms with van der Waals surface area (Å²) in [5.41, 5.74) is 3.20. The van der Waals surface area contributed by atoms with Crippen LogP contribution in [0.5, 0.6) is 0 Å². The zero-order valence-corrected chi connectivity index (χ0v) is 8.38. The third-order valence-corrected chi connectivity index (χ3v) is 2.98. The summed E-state index contributed by atoms with van der Waals surface area (Å²) in [5.74, 6) is 0. The van der Waals surface area contributed by atoms with E-state index < -0.39 is 0 Å². The molecule has 0 spiro atoms. The van der Waals surface area contributed by atoms with Gasteiger partial charge in [-0.05, 0) is 17.5 Å². The Bertz CT molecular complexity index is 336. The topological polar surface area (TPSA) is 0 Å². The minimum atomic E-state index is 0.297. The monoisotopic (exact) mass is 172 g/mol. The Balaban J connectivity index is 2.42. The average Bonchev–Trinajstić information content (AvgIpc) is 2.46. The van der Waals surface area contributed by atoms with Gasteiger partial charge in [-0.1, -0.05) is 56.7 Å². The van der Waals surface area contributed by atoms with Crippen LogP contribution in [0.25, 0.3) is 6.08 Å². The molecular weight excluding hydrogens is 156 g/mol. The average molecular weight is 172 g/mol. The van der Waals surface area contributed by atoms with Crippen LogP contribution >= 0.6 is 0 Å². The first-order valence-electron chi connectivity index (χ1n) is 5.05. The molecule has 0 nitrogen and oxygen atoms in total. The largest absolute Gasteiger partial charge is 0.0736 e. The Labute approximate surface area is 80.3 Å². The molecule has 0 amide bonds. The van der Waals surface area contributed by atoms with Crippen molar-refractivity contribution in [3.8, 4) is 0 Å². The number of allylic oxidation sites excluding steroid dienone is 1. The third kappa shape index (κ3) is 1.31. The maximum absolute atomic E-state index is 2.35. The first kappa shape index (κ1) is 8.55. The van der Waals surface area contributed by atoms with Gasteiger partial charge < -0.3 is 0 Å². The van der Waals surface area contributed by atoms with E-state index in [1.807, 2.05) is 0 Å². The van der Waals surface area contributed by atoms with Crippen molar-refractivity contribution in [1.82, 2.24) is 0 Å². The quantitative estimate of drug-likeness (QED) is 0.637. The van der Waals surface area contributed by atoms with E-state index in [2.05, 4.69) is 50.3 Å². The van der Waals surface area contributed by atoms with Gasteiger partial charge in [0.2, 0.25) is 0 Å². The SMILES string of the molecule is CCCC1(C)C=Cc2ccccc21. The Morgan fingerprint density at radius 1 is 1.23 bits per heavy atom. The first-order valence-corrected chi connectivity index (χ1v) is 5.05. The molecular formula is C13H16. The highest BCUT2D eigenvalue weighted by Crippen LogP contribution is 2.38. The molecule has 1 aromatic rings. The van der Waals surface area contributed by atoms with E-state index in [0.717, 1.165) is 0 Å². The van der Waals surface area contributed by atoms with E-state index in [1.54, 1.807) is 0 Å². The second-order valence-electron chi connectivity index (χ2n) is 4.09. The predicted molar refractivity (Wildman–Crippen MR) is 57.7 cm³/mol. The molecule has 1 aliphatic carbocycles. The fraction of sp³-hybridized carbons (Fsp3) is 0.385. The van der Waals surface area contributed by atoms with Crippen molar-refractivity contribution in [3.63, 3.8) is 0 Å². The summed E-state index contributed by atoms with van der Waals surface area (Å²) in [6.45, 7) is 4.58. The van der Waals surface area contributed by atoms with Crippen LogP contribution in [0.3, 0.4) is 0 Å². The fourth-order valence-electron chi connectivity index (χ4n) is 2.26. The van der Waals surface area contributed by atoms with Crippen molar-refractivity contribution in [1.29, 1.82) is 0 Å². The zero-order valence-electron chi connectivity index (χ0n) is 8.38. The lowest BCUT2D eigenvalue weighted by molar-refractivity contribution is 0.539. The predicted octanol–water partition coefficient (Wildman–Crippen LogP) is 3.77. The van der Waals surface area contributed by atoms with Gasteiger partial charge in [0.1, 0.15) is 0 Å². The third-order valence-electron chi connectivity index (χ3n) is 2.98. The van der Waals surface area contributed by atoms with Gasteiger partial charge in [0.25, 0.3) is 0 Å². The van der Waals surface area contributed by atoms with Gasteiger partial charge in [-0.3, -0.25) is 0 Å². The van der Waals surface area contributed by atoms with Crippen molar-refractivity contribution in [2.24, 2.45) is 0 Å². The molecule has 13 heavy (non-hydrogen) atoms. The number of fused-ring (bicyclic) bond motifs is 1. The molecule has 2 rings (SSSR count). The molecule has 0 aliphatic heterocycles. The van der Waals surface area contributed by atoms with Crippen molar-refractivity contribution >= 4 is 6.08 Å². The lowest BCUT2D eigenvalue weighted by atomic mass is 9.81. The van der Waals surface area contributed by atoms with E-state index in [0.29, 0.717) is 5.41 Å². The summed E-state index contributed by atoms with van der Waals surface area (Å²) in [6.07, 6.45) is 7.10. The van der Waals surface area contributed by atoms with E-state index in [1.165, 1.54) is 24.0 Å². The van der Waals surface area contributed by atoms with Crippen LogP contribution in [0.15, 0.2) is 30.3 Å². The zero-order chi connectivity index (χ0) is 9.31.